The lowest BCUT2D eigenvalue weighted by Gasteiger charge is -2.02. The van der Waals surface area contributed by atoms with E-state index < -0.39 is 0 Å². The summed E-state index contributed by atoms with van der Waals surface area (Å²) in [7, 11) is 0. The normalized spacial score (nSPS) is 10.7. The van der Waals surface area contributed by atoms with Crippen LogP contribution >= 0.6 is 34.0 Å². The maximum atomic E-state index is 11.8. The molecule has 3 aromatic heterocycles. The van der Waals surface area contributed by atoms with Crippen LogP contribution in [0.1, 0.15) is 16.6 Å². The summed E-state index contributed by atoms with van der Waals surface area (Å²) in [6.07, 6.45) is 0. The van der Waals surface area contributed by atoms with Gasteiger partial charge in [0, 0.05) is 26.3 Å². The van der Waals surface area contributed by atoms with Gasteiger partial charge < -0.3 is 0 Å². The lowest BCUT2D eigenvalue weighted by atomic mass is 10.1. The molecule has 18 heavy (non-hydrogen) atoms. The summed E-state index contributed by atoms with van der Waals surface area (Å²) < 4.78 is 0. The summed E-state index contributed by atoms with van der Waals surface area (Å²) in [5.41, 5.74) is 2.28. The van der Waals surface area contributed by atoms with Crippen LogP contribution < -0.4 is 0 Å². The molecule has 3 aromatic rings. The molecule has 4 heteroatoms. The predicted molar refractivity (Wildman–Crippen MR) is 80.9 cm³/mol. The van der Waals surface area contributed by atoms with Crippen LogP contribution in [0.25, 0.3) is 20.9 Å². The van der Waals surface area contributed by atoms with Crippen molar-refractivity contribution in [2.75, 3.05) is 0 Å². The molecule has 0 radical (unpaired) electrons. The Labute approximate surface area is 117 Å². The van der Waals surface area contributed by atoms with E-state index >= 15 is 0 Å². The van der Waals surface area contributed by atoms with Crippen molar-refractivity contribution in [3.8, 4) is 20.9 Å². The molecule has 0 bridgehead atoms. The van der Waals surface area contributed by atoms with Crippen LogP contribution in [0, 0.1) is 0 Å². The van der Waals surface area contributed by atoms with Gasteiger partial charge in [0.05, 0.1) is 4.88 Å². The lowest BCUT2D eigenvalue weighted by molar-refractivity contribution is 0.102. The molecule has 0 aliphatic carbocycles. The number of thiophene rings is 3. The van der Waals surface area contributed by atoms with E-state index in [4.69, 9.17) is 0 Å². The van der Waals surface area contributed by atoms with E-state index in [1.165, 1.54) is 15.3 Å². The first kappa shape index (κ1) is 11.8. The van der Waals surface area contributed by atoms with Crippen molar-refractivity contribution in [2.45, 2.75) is 6.92 Å². The Morgan fingerprint density at radius 1 is 1.00 bits per heavy atom. The highest BCUT2D eigenvalue weighted by Crippen LogP contribution is 2.42. The number of hydrogen-bond donors (Lipinski definition) is 0. The molecular formula is C14H10OS3. The van der Waals surface area contributed by atoms with Gasteiger partial charge >= 0.3 is 0 Å². The van der Waals surface area contributed by atoms with Gasteiger partial charge in [0.15, 0.2) is 5.78 Å². The average molecular weight is 290 g/mol. The summed E-state index contributed by atoms with van der Waals surface area (Å²) in [4.78, 5) is 15.0. The molecule has 0 aromatic carbocycles. The monoisotopic (exact) mass is 290 g/mol. The zero-order valence-corrected chi connectivity index (χ0v) is 12.1. The van der Waals surface area contributed by atoms with Crippen molar-refractivity contribution in [1.29, 1.82) is 0 Å². The second-order valence-corrected chi connectivity index (χ2v) is 6.64. The zero-order valence-electron chi connectivity index (χ0n) is 9.67. The average Bonchev–Trinajstić information content (AvgIpc) is 3.10. The van der Waals surface area contributed by atoms with Crippen LogP contribution in [-0.4, -0.2) is 5.78 Å². The summed E-state index contributed by atoms with van der Waals surface area (Å²) in [5, 5.41) is 6.21. The molecule has 0 amide bonds. The highest BCUT2D eigenvalue weighted by Gasteiger charge is 2.18. The summed E-state index contributed by atoms with van der Waals surface area (Å²) in [5.74, 6) is 0.145. The molecule has 0 fully saturated rings. The zero-order chi connectivity index (χ0) is 12.5. The van der Waals surface area contributed by atoms with Crippen LogP contribution in [0.4, 0.5) is 0 Å². The number of rotatable bonds is 3. The molecule has 0 aliphatic heterocycles. The van der Waals surface area contributed by atoms with Crippen LogP contribution in [0.5, 0.6) is 0 Å². The highest BCUT2D eigenvalue weighted by molar-refractivity contribution is 7.17. The fourth-order valence-corrected chi connectivity index (χ4v) is 4.56. The first-order chi connectivity index (χ1) is 8.77. The predicted octanol–water partition coefficient (Wildman–Crippen LogP) is 5.41. The second-order valence-electron chi connectivity index (χ2n) is 3.86. The maximum absolute atomic E-state index is 11.8. The van der Waals surface area contributed by atoms with E-state index in [1.54, 1.807) is 40.9 Å². The van der Waals surface area contributed by atoms with E-state index in [1.807, 2.05) is 12.1 Å². The molecular weight excluding hydrogens is 280 g/mol. The molecule has 0 N–H and O–H groups in total. The van der Waals surface area contributed by atoms with Crippen LogP contribution in [-0.2, 0) is 0 Å². The number of Topliss-reactive ketones (excluding diaryl/α,β-unsaturated/α-hetero) is 1. The Morgan fingerprint density at radius 3 is 2.22 bits per heavy atom. The fraction of sp³-hybridized carbons (Fsp3) is 0.0714. The van der Waals surface area contributed by atoms with Gasteiger partial charge in [0.2, 0.25) is 0 Å². The molecule has 90 valence electrons. The van der Waals surface area contributed by atoms with Gasteiger partial charge in [-0.1, -0.05) is 12.1 Å². The quantitative estimate of drug-likeness (QED) is 0.590. The number of hydrogen-bond acceptors (Lipinski definition) is 4. The Hall–Kier alpha value is -1.23. The first-order valence-electron chi connectivity index (χ1n) is 5.47. The van der Waals surface area contributed by atoms with Crippen LogP contribution in [0.3, 0.4) is 0 Å². The minimum absolute atomic E-state index is 0.145. The van der Waals surface area contributed by atoms with E-state index in [0.29, 0.717) is 0 Å². The van der Waals surface area contributed by atoms with E-state index in [-0.39, 0.29) is 5.78 Å². The van der Waals surface area contributed by atoms with Crippen molar-refractivity contribution >= 4 is 39.8 Å². The van der Waals surface area contributed by atoms with Gasteiger partial charge in [0.25, 0.3) is 0 Å². The Balaban J connectivity index is 2.25. The summed E-state index contributed by atoms with van der Waals surface area (Å²) >= 11 is 4.94. The minimum Gasteiger partial charge on any atom is -0.294 e. The van der Waals surface area contributed by atoms with Gasteiger partial charge in [-0.25, -0.2) is 0 Å². The minimum atomic E-state index is 0.145. The largest absolute Gasteiger partial charge is 0.294 e. The van der Waals surface area contributed by atoms with Crippen molar-refractivity contribution < 1.29 is 4.79 Å². The lowest BCUT2D eigenvalue weighted by Crippen LogP contribution is -1.90. The van der Waals surface area contributed by atoms with Gasteiger partial charge in [-0.05, 0) is 29.8 Å². The van der Waals surface area contributed by atoms with E-state index in [2.05, 4.69) is 28.3 Å². The molecule has 0 saturated carbocycles. The summed E-state index contributed by atoms with van der Waals surface area (Å²) in [6, 6.07) is 8.26. The topological polar surface area (TPSA) is 17.1 Å². The smallest absolute Gasteiger partial charge is 0.170 e. The molecule has 0 saturated heterocycles. The highest BCUT2D eigenvalue weighted by atomic mass is 32.1. The molecule has 1 nitrogen and oxygen atoms in total. The van der Waals surface area contributed by atoms with Gasteiger partial charge in [-0.15, -0.1) is 34.0 Å². The van der Waals surface area contributed by atoms with Crippen molar-refractivity contribution in [2.24, 2.45) is 0 Å². The van der Waals surface area contributed by atoms with Gasteiger partial charge in [-0.3, -0.25) is 4.79 Å². The molecule has 3 heterocycles. The fourth-order valence-electron chi connectivity index (χ4n) is 1.90. The first-order valence-corrected chi connectivity index (χ1v) is 8.11. The maximum Gasteiger partial charge on any atom is 0.170 e. The molecule has 0 atom stereocenters. The standard InChI is InChI=1S/C14H10OS3/c1-9(15)14-13(12-5-3-7-17-12)10(8-18-14)11-4-2-6-16-11/h2-8H,1H3. The second kappa shape index (κ2) is 4.80. The summed E-state index contributed by atoms with van der Waals surface area (Å²) in [6.45, 7) is 1.64. The molecule has 0 aliphatic rings. The third-order valence-electron chi connectivity index (χ3n) is 2.66. The number of carbonyl (C=O) groups is 1. The van der Waals surface area contributed by atoms with Crippen molar-refractivity contribution in [1.82, 2.24) is 0 Å². The SMILES string of the molecule is CC(=O)c1scc(-c2cccs2)c1-c1cccs1. The Bertz CT molecular complexity index is 660. The van der Waals surface area contributed by atoms with Crippen molar-refractivity contribution in [3.05, 3.63) is 45.3 Å². The van der Waals surface area contributed by atoms with Gasteiger partial charge in [-0.2, -0.15) is 0 Å². The molecule has 3 rings (SSSR count). The van der Waals surface area contributed by atoms with E-state index in [9.17, 15) is 4.79 Å². The van der Waals surface area contributed by atoms with Crippen LogP contribution in [0.2, 0.25) is 0 Å². The third kappa shape index (κ3) is 1.96. The Morgan fingerprint density at radius 2 is 1.67 bits per heavy atom. The number of ketones is 1. The van der Waals surface area contributed by atoms with E-state index in [0.717, 1.165) is 10.4 Å². The number of carbonyl (C=O) groups excluding carboxylic acids is 1. The van der Waals surface area contributed by atoms with Gasteiger partial charge in [0.1, 0.15) is 0 Å². The van der Waals surface area contributed by atoms with Crippen molar-refractivity contribution in [3.63, 3.8) is 0 Å². The van der Waals surface area contributed by atoms with Crippen LogP contribution in [0.15, 0.2) is 40.4 Å². The Kier molecular flexibility index (Phi) is 3.16. The molecule has 0 spiro atoms. The molecule has 0 unspecified atom stereocenters. The third-order valence-corrected chi connectivity index (χ3v) is 5.54.